The van der Waals surface area contributed by atoms with E-state index < -0.39 is 10.8 Å². The molecule has 0 bridgehead atoms. The first-order valence-corrected chi connectivity index (χ1v) is 10.1. The van der Waals surface area contributed by atoms with Crippen molar-refractivity contribution in [2.24, 2.45) is 0 Å². The number of amides is 1. The van der Waals surface area contributed by atoms with Gasteiger partial charge in [-0.25, -0.2) is 4.68 Å². The Bertz CT molecular complexity index is 1330. The van der Waals surface area contributed by atoms with Gasteiger partial charge in [0.2, 0.25) is 0 Å². The summed E-state index contributed by atoms with van der Waals surface area (Å²) in [4.78, 5) is 27.4. The number of non-ortho nitro benzene ring substituents is 1. The fraction of sp³-hybridized carbons (Fsp3) is 0.143. The molecule has 1 aromatic carbocycles. The van der Waals surface area contributed by atoms with Gasteiger partial charge < -0.3 is 10.1 Å². The average Bonchev–Trinajstić information content (AvgIpc) is 3.35. The maximum absolute atomic E-state index is 12.7. The van der Waals surface area contributed by atoms with Crippen molar-refractivity contribution in [1.82, 2.24) is 24.5 Å². The highest BCUT2D eigenvalue weighted by molar-refractivity contribution is 6.31. The van der Waals surface area contributed by atoms with Crippen molar-refractivity contribution >= 4 is 28.9 Å². The summed E-state index contributed by atoms with van der Waals surface area (Å²) in [7, 11) is 0. The molecular weight excluding hydrogens is 450 g/mol. The molecule has 4 rings (SSSR count). The minimum Gasteiger partial charge on any atom is -0.455 e. The van der Waals surface area contributed by atoms with Crippen molar-refractivity contribution < 1.29 is 14.5 Å². The molecule has 0 unspecified atom stereocenters. The summed E-state index contributed by atoms with van der Waals surface area (Å²) >= 11 is 6.17. The first-order chi connectivity index (χ1) is 15.8. The van der Waals surface area contributed by atoms with Crippen LogP contribution in [0.15, 0.2) is 55.0 Å². The highest BCUT2D eigenvalue weighted by Gasteiger charge is 2.16. The maximum Gasteiger partial charge on any atom is 0.276 e. The molecule has 0 aliphatic rings. The minimum absolute atomic E-state index is 0.129. The van der Waals surface area contributed by atoms with Gasteiger partial charge in [0.15, 0.2) is 5.69 Å². The van der Waals surface area contributed by atoms with Crippen molar-refractivity contribution in [1.29, 1.82) is 0 Å². The zero-order chi connectivity index (χ0) is 23.5. The number of rotatable bonds is 7. The lowest BCUT2D eigenvalue weighted by Gasteiger charge is -2.09. The van der Waals surface area contributed by atoms with Crippen LogP contribution in [0.25, 0.3) is 0 Å². The first-order valence-electron chi connectivity index (χ1n) is 9.72. The van der Waals surface area contributed by atoms with Crippen LogP contribution in [0.3, 0.4) is 0 Å². The van der Waals surface area contributed by atoms with Gasteiger partial charge in [-0.3, -0.25) is 24.6 Å². The Kier molecular flexibility index (Phi) is 6.05. The topological polar surface area (TPSA) is 130 Å². The Hall–Kier alpha value is -4.25. The van der Waals surface area contributed by atoms with E-state index in [1.807, 2.05) is 6.92 Å². The second-order valence-corrected chi connectivity index (χ2v) is 7.46. The molecular formula is C21H18ClN7O4. The second-order valence-electron chi connectivity index (χ2n) is 7.08. The number of nitro groups is 1. The standard InChI is InChI=1S/C21H18ClN7O4/c1-13-20(22)14(2)28(25-13)12-27-7-5-19(26-27)21(30)24-15-8-16(29(31)32)10-18(9-15)33-17-4-3-6-23-11-17/h3-11H,12H2,1-2H3,(H,24,30). The molecule has 0 radical (unpaired) electrons. The number of benzene rings is 1. The number of nitro benzene ring substituents is 1. The molecule has 3 heterocycles. The van der Waals surface area contributed by atoms with Crippen molar-refractivity contribution in [3.05, 3.63) is 87.2 Å². The summed E-state index contributed by atoms with van der Waals surface area (Å²) in [6.07, 6.45) is 4.68. The molecule has 33 heavy (non-hydrogen) atoms. The molecule has 0 saturated heterocycles. The lowest BCUT2D eigenvalue weighted by molar-refractivity contribution is -0.384. The highest BCUT2D eigenvalue weighted by atomic mass is 35.5. The van der Waals surface area contributed by atoms with E-state index in [0.29, 0.717) is 16.5 Å². The van der Waals surface area contributed by atoms with Crippen molar-refractivity contribution in [3.8, 4) is 11.5 Å². The van der Waals surface area contributed by atoms with E-state index in [1.54, 1.807) is 36.1 Å². The molecule has 0 saturated carbocycles. The summed E-state index contributed by atoms with van der Waals surface area (Å²) in [5.41, 5.74) is 1.57. The number of carbonyl (C=O) groups excluding carboxylic acids is 1. The molecule has 1 amide bonds. The van der Waals surface area contributed by atoms with Gasteiger partial charge in [0.1, 0.15) is 18.2 Å². The van der Waals surface area contributed by atoms with Crippen LogP contribution in [-0.2, 0) is 6.67 Å². The third-order valence-corrected chi connectivity index (χ3v) is 5.22. The Morgan fingerprint density at radius 1 is 1.21 bits per heavy atom. The predicted molar refractivity (Wildman–Crippen MR) is 120 cm³/mol. The fourth-order valence-corrected chi connectivity index (χ4v) is 3.21. The molecule has 0 aliphatic heterocycles. The van der Waals surface area contributed by atoms with E-state index in [1.165, 1.54) is 35.1 Å². The van der Waals surface area contributed by atoms with Crippen LogP contribution in [0.1, 0.15) is 21.9 Å². The zero-order valence-electron chi connectivity index (χ0n) is 17.6. The van der Waals surface area contributed by atoms with Gasteiger partial charge in [0.25, 0.3) is 11.6 Å². The second kappa shape index (κ2) is 9.09. The monoisotopic (exact) mass is 467 g/mol. The Morgan fingerprint density at radius 2 is 2.03 bits per heavy atom. The van der Waals surface area contributed by atoms with E-state index in [-0.39, 0.29) is 29.5 Å². The van der Waals surface area contributed by atoms with Crippen LogP contribution in [0, 0.1) is 24.0 Å². The van der Waals surface area contributed by atoms with Crippen LogP contribution < -0.4 is 10.1 Å². The summed E-state index contributed by atoms with van der Waals surface area (Å²) < 4.78 is 8.84. The van der Waals surface area contributed by atoms with E-state index in [2.05, 4.69) is 20.5 Å². The molecule has 3 aromatic heterocycles. The molecule has 4 aromatic rings. The molecule has 12 heteroatoms. The van der Waals surface area contributed by atoms with Crippen molar-refractivity contribution in [2.75, 3.05) is 5.32 Å². The average molecular weight is 468 g/mol. The number of hydrogen-bond acceptors (Lipinski definition) is 7. The van der Waals surface area contributed by atoms with Crippen LogP contribution >= 0.6 is 11.6 Å². The molecule has 11 nitrogen and oxygen atoms in total. The lowest BCUT2D eigenvalue weighted by Crippen LogP contribution is -2.15. The number of aromatic nitrogens is 5. The number of carbonyl (C=O) groups is 1. The highest BCUT2D eigenvalue weighted by Crippen LogP contribution is 2.29. The number of nitrogens with zero attached hydrogens (tertiary/aromatic N) is 6. The van der Waals surface area contributed by atoms with Crippen LogP contribution in [0.2, 0.25) is 5.02 Å². The van der Waals surface area contributed by atoms with Gasteiger partial charge in [-0.15, -0.1) is 0 Å². The Balaban J connectivity index is 1.52. The zero-order valence-corrected chi connectivity index (χ0v) is 18.4. The van der Waals surface area contributed by atoms with Gasteiger partial charge in [0.05, 0.1) is 39.3 Å². The molecule has 168 valence electrons. The van der Waals surface area contributed by atoms with E-state index >= 15 is 0 Å². The number of anilines is 1. The van der Waals surface area contributed by atoms with E-state index in [4.69, 9.17) is 16.3 Å². The van der Waals surface area contributed by atoms with Crippen molar-refractivity contribution in [2.45, 2.75) is 20.5 Å². The number of ether oxygens (including phenoxy) is 1. The molecule has 0 spiro atoms. The number of hydrogen-bond donors (Lipinski definition) is 1. The SMILES string of the molecule is Cc1nn(Cn2ccc(C(=O)Nc3cc(Oc4cccnc4)cc([N+](=O)[O-])c3)n2)c(C)c1Cl. The Labute approximate surface area is 192 Å². The largest absolute Gasteiger partial charge is 0.455 e. The van der Waals surface area contributed by atoms with Crippen LogP contribution in [-0.4, -0.2) is 35.4 Å². The molecule has 0 fully saturated rings. The van der Waals surface area contributed by atoms with E-state index in [9.17, 15) is 14.9 Å². The molecule has 1 N–H and O–H groups in total. The lowest BCUT2D eigenvalue weighted by atomic mass is 10.2. The van der Waals surface area contributed by atoms with Gasteiger partial charge >= 0.3 is 0 Å². The van der Waals surface area contributed by atoms with Gasteiger partial charge in [-0.2, -0.15) is 10.2 Å². The fourth-order valence-electron chi connectivity index (χ4n) is 3.07. The number of halogens is 1. The number of aryl methyl sites for hydroxylation is 1. The third-order valence-electron chi connectivity index (χ3n) is 4.68. The smallest absolute Gasteiger partial charge is 0.276 e. The van der Waals surface area contributed by atoms with Gasteiger partial charge in [-0.05, 0) is 32.0 Å². The Morgan fingerprint density at radius 3 is 2.70 bits per heavy atom. The summed E-state index contributed by atoms with van der Waals surface area (Å²) in [6, 6.07) is 8.85. The quantitative estimate of drug-likeness (QED) is 0.318. The minimum atomic E-state index is -0.569. The van der Waals surface area contributed by atoms with Gasteiger partial charge in [-0.1, -0.05) is 11.6 Å². The summed E-state index contributed by atoms with van der Waals surface area (Å²) in [5, 5.41) is 23.1. The van der Waals surface area contributed by atoms with Crippen molar-refractivity contribution in [3.63, 3.8) is 0 Å². The third kappa shape index (κ3) is 4.99. The number of pyridine rings is 1. The summed E-state index contributed by atoms with van der Waals surface area (Å²) in [5.74, 6) is 0.0469. The van der Waals surface area contributed by atoms with Crippen LogP contribution in [0.4, 0.5) is 11.4 Å². The predicted octanol–water partition coefficient (Wildman–Crippen LogP) is 4.20. The normalized spacial score (nSPS) is 10.8. The number of nitrogens with one attached hydrogen (secondary N) is 1. The first kappa shape index (κ1) is 22.0. The van der Waals surface area contributed by atoms with E-state index in [0.717, 1.165) is 5.69 Å². The maximum atomic E-state index is 12.7. The summed E-state index contributed by atoms with van der Waals surface area (Å²) in [6.45, 7) is 3.92. The molecule has 0 aliphatic carbocycles. The van der Waals surface area contributed by atoms with Crippen LogP contribution in [0.5, 0.6) is 11.5 Å². The molecule has 0 atom stereocenters. The van der Waals surface area contributed by atoms with Gasteiger partial charge in [0, 0.05) is 24.5 Å².